The minimum absolute atomic E-state index is 0.284. The number of hydrogen-bond donors (Lipinski definition) is 0. The van der Waals surface area contributed by atoms with Crippen molar-refractivity contribution in [3.8, 4) is 11.6 Å². The molecule has 0 spiro atoms. The van der Waals surface area contributed by atoms with Crippen LogP contribution in [0.25, 0.3) is 21.7 Å². The second-order valence-corrected chi connectivity index (χ2v) is 10.0. The summed E-state index contributed by atoms with van der Waals surface area (Å²) in [6, 6.07) is 11.3. The molecule has 0 fully saturated rings. The quantitative estimate of drug-likeness (QED) is 0.122. The Labute approximate surface area is 217 Å². The zero-order valence-corrected chi connectivity index (χ0v) is 22.6. The number of ether oxygens (including phenoxy) is 2. The average Bonchev–Trinajstić information content (AvgIpc) is 2.90. The van der Waals surface area contributed by atoms with Gasteiger partial charge in [-0.1, -0.05) is 97.3 Å². The fourth-order valence-electron chi connectivity index (χ4n) is 4.79. The summed E-state index contributed by atoms with van der Waals surface area (Å²) in [5, 5.41) is 2.37. The smallest absolute Gasteiger partial charge is 0.213 e. The molecule has 3 nitrogen and oxygen atoms in total. The third-order valence-corrected chi connectivity index (χ3v) is 6.99. The summed E-state index contributed by atoms with van der Waals surface area (Å²) < 4.78 is 26.9. The van der Waals surface area contributed by atoms with E-state index in [2.05, 4.69) is 18.8 Å². The van der Waals surface area contributed by atoms with Gasteiger partial charge in [0.05, 0.1) is 18.7 Å². The Hall–Kier alpha value is -2.36. The summed E-state index contributed by atoms with van der Waals surface area (Å²) in [4.78, 5) is 4.65. The number of pyridine rings is 1. The summed E-state index contributed by atoms with van der Waals surface area (Å²) in [6.07, 6.45) is 18.7. The normalized spacial score (nSPS) is 11.4. The molecule has 3 aromatic rings. The van der Waals surface area contributed by atoms with Crippen LogP contribution in [0.4, 0.5) is 4.39 Å². The van der Waals surface area contributed by atoms with Crippen LogP contribution in [0.5, 0.6) is 11.6 Å². The molecule has 0 N–H and O–H groups in total. The Morgan fingerprint density at radius 3 is 1.72 bits per heavy atom. The van der Waals surface area contributed by atoms with Crippen molar-refractivity contribution in [2.24, 2.45) is 0 Å². The fourth-order valence-corrected chi connectivity index (χ4v) is 4.79. The first-order valence-corrected chi connectivity index (χ1v) is 14.5. The van der Waals surface area contributed by atoms with Gasteiger partial charge in [-0.15, -0.1) is 0 Å². The third-order valence-electron chi connectivity index (χ3n) is 6.99. The van der Waals surface area contributed by atoms with Gasteiger partial charge in [0.15, 0.2) is 11.6 Å². The van der Waals surface area contributed by atoms with Gasteiger partial charge in [-0.05, 0) is 48.6 Å². The standard InChI is InChI=1S/C32H46FNO2/c1-3-5-7-9-11-12-13-15-16-24-35-30-22-19-26-27-20-23-31(36-25-17-14-10-8-6-4-2)34-29(27)21-18-28(26)32(30)33/h18-23H,3-17,24-25H2,1-2H3. The molecular formula is C32H46FNO2. The minimum Gasteiger partial charge on any atom is -0.490 e. The molecule has 0 aliphatic carbocycles. The van der Waals surface area contributed by atoms with Crippen LogP contribution in [0.15, 0.2) is 36.4 Å². The molecule has 4 heteroatoms. The van der Waals surface area contributed by atoms with Crippen LogP contribution in [0.1, 0.15) is 110 Å². The Bertz CT molecular complexity index is 1040. The van der Waals surface area contributed by atoms with Crippen LogP contribution in [-0.2, 0) is 0 Å². The highest BCUT2D eigenvalue weighted by Crippen LogP contribution is 2.32. The van der Waals surface area contributed by atoms with E-state index in [-0.39, 0.29) is 5.82 Å². The lowest BCUT2D eigenvalue weighted by atomic mass is 10.0. The monoisotopic (exact) mass is 495 g/mol. The highest BCUT2D eigenvalue weighted by Gasteiger charge is 2.12. The van der Waals surface area contributed by atoms with Crippen molar-refractivity contribution in [1.82, 2.24) is 4.98 Å². The third kappa shape index (κ3) is 8.94. The van der Waals surface area contributed by atoms with Gasteiger partial charge >= 0.3 is 0 Å². The number of hydrogen-bond acceptors (Lipinski definition) is 3. The van der Waals surface area contributed by atoms with Crippen LogP contribution in [0.2, 0.25) is 0 Å². The SMILES string of the molecule is CCCCCCCCCCCOc1ccc2c(ccc3nc(OCCCCCCCC)ccc32)c1F. The van der Waals surface area contributed by atoms with E-state index in [9.17, 15) is 0 Å². The van der Waals surface area contributed by atoms with Crippen molar-refractivity contribution in [3.63, 3.8) is 0 Å². The van der Waals surface area contributed by atoms with E-state index in [1.807, 2.05) is 30.3 Å². The topological polar surface area (TPSA) is 31.4 Å². The first kappa shape index (κ1) is 28.2. The Morgan fingerprint density at radius 1 is 0.556 bits per heavy atom. The number of unbranched alkanes of at least 4 members (excludes halogenated alkanes) is 13. The molecule has 198 valence electrons. The van der Waals surface area contributed by atoms with Crippen LogP contribution in [0.3, 0.4) is 0 Å². The van der Waals surface area contributed by atoms with Gasteiger partial charge in [0.2, 0.25) is 5.88 Å². The number of aromatic nitrogens is 1. The summed E-state index contributed by atoms with van der Waals surface area (Å²) in [5.74, 6) is 0.693. The van der Waals surface area contributed by atoms with E-state index in [4.69, 9.17) is 9.47 Å². The predicted molar refractivity (Wildman–Crippen MR) is 151 cm³/mol. The second-order valence-electron chi connectivity index (χ2n) is 10.0. The lowest BCUT2D eigenvalue weighted by Gasteiger charge is -2.11. The molecule has 0 saturated carbocycles. The molecule has 36 heavy (non-hydrogen) atoms. The largest absolute Gasteiger partial charge is 0.490 e. The van der Waals surface area contributed by atoms with Crippen molar-refractivity contribution in [2.45, 2.75) is 110 Å². The van der Waals surface area contributed by atoms with Crippen molar-refractivity contribution >= 4 is 21.7 Å². The van der Waals surface area contributed by atoms with Gasteiger partial charge in [0, 0.05) is 16.8 Å². The molecule has 0 bridgehead atoms. The van der Waals surface area contributed by atoms with E-state index in [0.717, 1.165) is 35.6 Å². The molecule has 2 aromatic carbocycles. The van der Waals surface area contributed by atoms with Gasteiger partial charge in [0.1, 0.15) is 0 Å². The zero-order chi connectivity index (χ0) is 25.4. The molecule has 0 aliphatic rings. The number of benzene rings is 2. The van der Waals surface area contributed by atoms with Gasteiger partial charge in [-0.2, -0.15) is 0 Å². The number of fused-ring (bicyclic) bond motifs is 3. The van der Waals surface area contributed by atoms with Gasteiger partial charge in [-0.3, -0.25) is 0 Å². The summed E-state index contributed by atoms with van der Waals surface area (Å²) in [7, 11) is 0. The van der Waals surface area contributed by atoms with E-state index in [0.29, 0.717) is 30.2 Å². The molecule has 0 unspecified atom stereocenters. The van der Waals surface area contributed by atoms with Crippen molar-refractivity contribution in [1.29, 1.82) is 0 Å². The van der Waals surface area contributed by atoms with Gasteiger partial charge < -0.3 is 9.47 Å². The van der Waals surface area contributed by atoms with E-state index in [1.165, 1.54) is 77.0 Å². The van der Waals surface area contributed by atoms with Gasteiger partial charge in [-0.25, -0.2) is 9.37 Å². The zero-order valence-electron chi connectivity index (χ0n) is 22.6. The maximum Gasteiger partial charge on any atom is 0.213 e. The molecule has 0 amide bonds. The Balaban J connectivity index is 1.47. The lowest BCUT2D eigenvalue weighted by Crippen LogP contribution is -2.00. The predicted octanol–water partition coefficient (Wildman–Crippen LogP) is 10.2. The molecule has 1 heterocycles. The molecule has 0 aliphatic heterocycles. The minimum atomic E-state index is -0.284. The van der Waals surface area contributed by atoms with Crippen molar-refractivity contribution in [2.75, 3.05) is 13.2 Å². The van der Waals surface area contributed by atoms with E-state index < -0.39 is 0 Å². The van der Waals surface area contributed by atoms with Crippen molar-refractivity contribution < 1.29 is 13.9 Å². The molecular weight excluding hydrogens is 449 g/mol. The van der Waals surface area contributed by atoms with Crippen LogP contribution < -0.4 is 9.47 Å². The fraction of sp³-hybridized carbons (Fsp3) is 0.594. The Morgan fingerprint density at radius 2 is 1.08 bits per heavy atom. The summed E-state index contributed by atoms with van der Waals surface area (Å²) >= 11 is 0. The van der Waals surface area contributed by atoms with Gasteiger partial charge in [0.25, 0.3) is 0 Å². The van der Waals surface area contributed by atoms with Crippen molar-refractivity contribution in [3.05, 3.63) is 42.2 Å². The van der Waals surface area contributed by atoms with Crippen LogP contribution >= 0.6 is 0 Å². The van der Waals surface area contributed by atoms with E-state index >= 15 is 4.39 Å². The molecule has 0 atom stereocenters. The van der Waals surface area contributed by atoms with Crippen LogP contribution in [-0.4, -0.2) is 18.2 Å². The average molecular weight is 496 g/mol. The molecule has 3 rings (SSSR count). The summed E-state index contributed by atoms with van der Waals surface area (Å²) in [5.41, 5.74) is 0.825. The Kier molecular flexibility index (Phi) is 12.9. The molecule has 0 radical (unpaired) electrons. The molecule has 0 saturated heterocycles. The number of halogens is 1. The number of rotatable bonds is 19. The highest BCUT2D eigenvalue weighted by molar-refractivity contribution is 6.06. The lowest BCUT2D eigenvalue weighted by molar-refractivity contribution is 0.291. The van der Waals surface area contributed by atoms with Crippen LogP contribution in [0, 0.1) is 5.82 Å². The molecule has 1 aromatic heterocycles. The number of nitrogens with zero attached hydrogens (tertiary/aromatic N) is 1. The highest BCUT2D eigenvalue weighted by atomic mass is 19.1. The first-order chi connectivity index (χ1) is 17.7. The second kappa shape index (κ2) is 16.4. The maximum atomic E-state index is 15.2. The summed E-state index contributed by atoms with van der Waals surface area (Å²) in [6.45, 7) is 5.73. The maximum absolute atomic E-state index is 15.2. The first-order valence-electron chi connectivity index (χ1n) is 14.5. The van der Waals surface area contributed by atoms with E-state index in [1.54, 1.807) is 6.07 Å².